The van der Waals surface area contributed by atoms with Crippen LogP contribution in [0.25, 0.3) is 5.69 Å². The third-order valence-corrected chi connectivity index (χ3v) is 5.31. The first-order valence-electron chi connectivity index (χ1n) is 10.2. The molecule has 1 saturated heterocycles. The van der Waals surface area contributed by atoms with Crippen LogP contribution in [0.1, 0.15) is 30.6 Å². The van der Waals surface area contributed by atoms with Crippen molar-refractivity contribution >= 4 is 35.8 Å². The van der Waals surface area contributed by atoms with E-state index in [0.29, 0.717) is 24.7 Å². The molecule has 1 aliphatic heterocycles. The Bertz CT molecular complexity index is 1020. The molecule has 1 aliphatic rings. The second-order valence-corrected chi connectivity index (χ2v) is 7.53. The molecule has 32 heavy (non-hydrogen) atoms. The van der Waals surface area contributed by atoms with Crippen molar-refractivity contribution in [3.8, 4) is 5.69 Å². The van der Waals surface area contributed by atoms with E-state index in [-0.39, 0.29) is 23.9 Å². The van der Waals surface area contributed by atoms with Crippen molar-refractivity contribution in [1.82, 2.24) is 19.6 Å². The number of hydrogen-bond acceptors (Lipinski definition) is 7. The molecule has 0 radical (unpaired) electrons. The standard InChI is InChI=1S/C20H25N7O4S/c1-4-11-24-12-13-25(20(24)23-27(29)30)14-21-17-16(19(28)31-5-2)18(32-3)22-26(17)15-9-7-6-8-10-15/h6-10,14H,4-5,11-13H2,1-3H3/b21-14+,23-20+. The number of hydrazone groups is 1. The van der Waals surface area contributed by atoms with Gasteiger partial charge in [0.15, 0.2) is 10.9 Å². The van der Waals surface area contributed by atoms with E-state index in [1.54, 1.807) is 16.5 Å². The van der Waals surface area contributed by atoms with Gasteiger partial charge in [0.05, 0.1) is 12.3 Å². The highest BCUT2D eigenvalue weighted by molar-refractivity contribution is 7.98. The molecule has 0 N–H and O–H groups in total. The summed E-state index contributed by atoms with van der Waals surface area (Å²) in [6.45, 7) is 5.65. The highest BCUT2D eigenvalue weighted by atomic mass is 32.2. The van der Waals surface area contributed by atoms with Crippen LogP contribution in [0, 0.1) is 10.1 Å². The molecule has 2 heterocycles. The predicted octanol–water partition coefficient (Wildman–Crippen LogP) is 3.01. The number of carbonyl (C=O) groups excluding carboxylic acids is 1. The number of ether oxygens (including phenoxy) is 1. The molecule has 0 amide bonds. The number of nitro groups is 1. The zero-order valence-corrected chi connectivity index (χ0v) is 19.0. The van der Waals surface area contributed by atoms with Gasteiger partial charge in [0.1, 0.15) is 22.0 Å². The minimum atomic E-state index is -0.714. The number of aliphatic imine (C=N–C) groups is 1. The van der Waals surface area contributed by atoms with E-state index in [0.717, 1.165) is 12.1 Å². The fraction of sp³-hybridized carbons (Fsp3) is 0.400. The number of thioether (sulfide) groups is 1. The Morgan fingerprint density at radius 1 is 1.31 bits per heavy atom. The molecule has 0 bridgehead atoms. The van der Waals surface area contributed by atoms with Gasteiger partial charge in [-0.05, 0) is 31.7 Å². The van der Waals surface area contributed by atoms with Crippen LogP contribution >= 0.6 is 11.8 Å². The van der Waals surface area contributed by atoms with Crippen molar-refractivity contribution in [1.29, 1.82) is 0 Å². The van der Waals surface area contributed by atoms with E-state index in [1.807, 2.05) is 48.4 Å². The smallest absolute Gasteiger partial charge is 0.344 e. The lowest BCUT2D eigenvalue weighted by molar-refractivity contribution is -0.486. The molecule has 170 valence electrons. The zero-order valence-electron chi connectivity index (χ0n) is 18.2. The average Bonchev–Trinajstić information content (AvgIpc) is 3.34. The number of rotatable bonds is 9. The third-order valence-electron chi connectivity index (χ3n) is 4.64. The number of esters is 1. The maximum Gasteiger partial charge on any atom is 0.344 e. The second-order valence-electron chi connectivity index (χ2n) is 6.74. The fourth-order valence-electron chi connectivity index (χ4n) is 3.30. The minimum Gasteiger partial charge on any atom is -0.462 e. The van der Waals surface area contributed by atoms with Gasteiger partial charge in [0.2, 0.25) is 0 Å². The molecule has 0 aliphatic carbocycles. The second kappa shape index (κ2) is 10.8. The van der Waals surface area contributed by atoms with E-state index >= 15 is 0 Å². The number of hydrogen-bond donors (Lipinski definition) is 0. The molecule has 3 rings (SSSR count). The quantitative estimate of drug-likeness (QED) is 0.140. The lowest BCUT2D eigenvalue weighted by Gasteiger charge is -2.16. The van der Waals surface area contributed by atoms with Crippen molar-refractivity contribution in [3.63, 3.8) is 0 Å². The van der Waals surface area contributed by atoms with Crippen LogP contribution in [0.5, 0.6) is 0 Å². The molecule has 12 heteroatoms. The molecule has 11 nitrogen and oxygen atoms in total. The Morgan fingerprint density at radius 3 is 2.69 bits per heavy atom. The molecular formula is C20H25N7O4S. The Kier molecular flexibility index (Phi) is 7.82. The van der Waals surface area contributed by atoms with Gasteiger partial charge < -0.3 is 9.64 Å². The molecule has 0 atom stereocenters. The number of nitrogens with zero attached hydrogens (tertiary/aromatic N) is 7. The number of aromatic nitrogens is 2. The van der Waals surface area contributed by atoms with Gasteiger partial charge in [-0.2, -0.15) is 5.10 Å². The highest BCUT2D eigenvalue weighted by Gasteiger charge is 2.29. The Balaban J connectivity index is 2.07. The van der Waals surface area contributed by atoms with E-state index in [1.165, 1.54) is 18.1 Å². The van der Waals surface area contributed by atoms with Gasteiger partial charge in [0, 0.05) is 19.6 Å². The van der Waals surface area contributed by atoms with Crippen molar-refractivity contribution in [3.05, 3.63) is 46.0 Å². The van der Waals surface area contributed by atoms with Crippen molar-refractivity contribution in [2.45, 2.75) is 25.3 Å². The summed E-state index contributed by atoms with van der Waals surface area (Å²) in [6, 6.07) is 9.30. The Hall–Kier alpha value is -3.41. The van der Waals surface area contributed by atoms with Crippen LogP contribution in [-0.4, -0.2) is 75.4 Å². The van der Waals surface area contributed by atoms with Crippen molar-refractivity contribution in [2.75, 3.05) is 32.5 Å². The van der Waals surface area contributed by atoms with Crippen LogP contribution < -0.4 is 0 Å². The summed E-state index contributed by atoms with van der Waals surface area (Å²) in [7, 11) is 0. The Morgan fingerprint density at radius 2 is 2.06 bits per heavy atom. The number of guanidine groups is 1. The number of carbonyl (C=O) groups is 1. The SMILES string of the molecule is CCCN1CCN(/C=N/c2c(C(=O)OCC)c(SC)nn2-c2ccccc2)/C1=N/[N+](=O)[O-]. The van der Waals surface area contributed by atoms with Crippen molar-refractivity contribution < 1.29 is 14.6 Å². The van der Waals surface area contributed by atoms with E-state index in [2.05, 4.69) is 15.2 Å². The van der Waals surface area contributed by atoms with Gasteiger partial charge >= 0.3 is 5.97 Å². The van der Waals surface area contributed by atoms with Gasteiger partial charge in [-0.15, -0.1) is 11.8 Å². The van der Waals surface area contributed by atoms with Crippen molar-refractivity contribution in [2.24, 2.45) is 10.1 Å². The third kappa shape index (κ3) is 5.07. The summed E-state index contributed by atoms with van der Waals surface area (Å²) in [5, 5.41) is 18.9. The van der Waals surface area contributed by atoms with Crippen LogP contribution in [0.15, 0.2) is 45.5 Å². The first-order valence-corrected chi connectivity index (χ1v) is 11.4. The number of benzene rings is 1. The summed E-state index contributed by atoms with van der Waals surface area (Å²) in [5.41, 5.74) is 0.968. The normalized spacial score (nSPS) is 15.2. The highest BCUT2D eigenvalue weighted by Crippen LogP contribution is 2.32. The summed E-state index contributed by atoms with van der Waals surface area (Å²) < 4.78 is 6.81. The van der Waals surface area contributed by atoms with E-state index in [4.69, 9.17) is 4.74 Å². The lowest BCUT2D eigenvalue weighted by atomic mass is 10.3. The molecule has 1 aromatic heterocycles. The van der Waals surface area contributed by atoms with E-state index < -0.39 is 11.0 Å². The first-order chi connectivity index (χ1) is 15.5. The van der Waals surface area contributed by atoms with Gasteiger partial charge in [-0.3, -0.25) is 4.90 Å². The summed E-state index contributed by atoms with van der Waals surface area (Å²) in [5.74, 6) is -0.0260. The molecule has 0 unspecified atom stereocenters. The van der Waals surface area contributed by atoms with Crippen LogP contribution in [0.2, 0.25) is 0 Å². The number of para-hydroxylation sites is 1. The minimum absolute atomic E-state index is 0.212. The molecule has 0 spiro atoms. The predicted molar refractivity (Wildman–Crippen MR) is 122 cm³/mol. The monoisotopic (exact) mass is 459 g/mol. The van der Waals surface area contributed by atoms with Gasteiger partial charge in [-0.1, -0.05) is 25.1 Å². The largest absolute Gasteiger partial charge is 0.462 e. The molecule has 1 fully saturated rings. The van der Waals surface area contributed by atoms with Gasteiger partial charge in [-0.25, -0.2) is 24.6 Å². The maximum absolute atomic E-state index is 12.7. The zero-order chi connectivity index (χ0) is 23.1. The summed E-state index contributed by atoms with van der Waals surface area (Å²) >= 11 is 1.31. The first kappa shape index (κ1) is 23.3. The topological polar surface area (TPSA) is 118 Å². The Labute approximate surface area is 189 Å². The fourth-order valence-corrected chi connectivity index (χ4v) is 3.84. The van der Waals surface area contributed by atoms with E-state index in [9.17, 15) is 14.9 Å². The summed E-state index contributed by atoms with van der Waals surface area (Å²) in [6.07, 6.45) is 4.10. The van der Waals surface area contributed by atoms with Crippen LogP contribution in [0.3, 0.4) is 0 Å². The van der Waals surface area contributed by atoms with Gasteiger partial charge in [0.25, 0.3) is 5.96 Å². The molecular weight excluding hydrogens is 434 g/mol. The summed E-state index contributed by atoms with van der Waals surface area (Å²) in [4.78, 5) is 31.8. The lowest BCUT2D eigenvalue weighted by Crippen LogP contribution is -2.34. The van der Waals surface area contributed by atoms with Crippen LogP contribution in [-0.2, 0) is 4.74 Å². The van der Waals surface area contributed by atoms with Crippen LogP contribution in [0.4, 0.5) is 5.82 Å². The maximum atomic E-state index is 12.7. The molecule has 2 aromatic rings. The molecule has 1 aromatic carbocycles. The molecule has 0 saturated carbocycles. The average molecular weight is 460 g/mol.